The third-order valence-electron chi connectivity index (χ3n) is 2.83. The Morgan fingerprint density at radius 2 is 1.81 bits per heavy atom. The van der Waals surface area contributed by atoms with Crippen molar-refractivity contribution in [3.05, 3.63) is 38.0 Å². The minimum atomic E-state index is -0.568. The Hall–Kier alpha value is -1.86. The van der Waals surface area contributed by atoms with E-state index < -0.39 is 4.92 Å². The Kier molecular flexibility index (Phi) is 3.81. The van der Waals surface area contributed by atoms with E-state index >= 15 is 0 Å². The number of halogens is 2. The van der Waals surface area contributed by atoms with Crippen molar-refractivity contribution in [2.24, 2.45) is 0 Å². The third-order valence-corrected chi connectivity index (χ3v) is 3.41. The monoisotopic (exact) mass is 329 g/mol. The largest absolute Gasteiger partial charge is 0.381 e. The van der Waals surface area contributed by atoms with Crippen molar-refractivity contribution < 1.29 is 4.92 Å². The highest BCUT2D eigenvalue weighted by Crippen LogP contribution is 2.36. The van der Waals surface area contributed by atoms with E-state index in [4.69, 9.17) is 28.9 Å². The van der Waals surface area contributed by atoms with E-state index in [0.717, 1.165) is 0 Å². The Labute approximate surface area is 130 Å². The minimum Gasteiger partial charge on any atom is -0.381 e. The van der Waals surface area contributed by atoms with Gasteiger partial charge in [-0.3, -0.25) is 10.1 Å². The molecule has 1 heterocycles. The predicted molar refractivity (Wildman–Crippen MR) is 81.1 cm³/mol. The molecule has 112 valence electrons. The second-order valence-electron chi connectivity index (χ2n) is 5.50. The molecule has 0 unspecified atom stereocenters. The Balaban J connectivity index is 2.72. The molecule has 2 aromatic rings. The van der Waals surface area contributed by atoms with E-state index in [9.17, 15) is 10.1 Å². The van der Waals surface area contributed by atoms with Gasteiger partial charge in [0, 0.05) is 17.5 Å². The van der Waals surface area contributed by atoms with Crippen LogP contribution in [0.3, 0.4) is 0 Å². The zero-order valence-electron chi connectivity index (χ0n) is 11.6. The van der Waals surface area contributed by atoms with Crippen molar-refractivity contribution in [3.63, 3.8) is 0 Å². The average molecular weight is 330 g/mol. The molecule has 2 rings (SSSR count). The standard InChI is InChI=1S/C12H13Cl2N5O2/c1-12(2,3)10-11(15)16-17-18(10)9-7(13)4-6(19(20)21)5-8(9)14/h4-5H,15H2,1-3H3. The lowest BCUT2D eigenvalue weighted by atomic mass is 9.91. The van der Waals surface area contributed by atoms with Gasteiger partial charge in [-0.2, -0.15) is 0 Å². The maximum Gasteiger partial charge on any atom is 0.272 e. The third kappa shape index (κ3) is 2.79. The van der Waals surface area contributed by atoms with Crippen molar-refractivity contribution in [1.82, 2.24) is 15.0 Å². The number of anilines is 1. The molecule has 0 radical (unpaired) electrons. The van der Waals surface area contributed by atoms with E-state index in [1.54, 1.807) is 0 Å². The van der Waals surface area contributed by atoms with Gasteiger partial charge in [-0.25, -0.2) is 4.68 Å². The first-order valence-electron chi connectivity index (χ1n) is 5.98. The summed E-state index contributed by atoms with van der Waals surface area (Å²) in [6.45, 7) is 5.81. The number of non-ortho nitro benzene ring substituents is 1. The highest BCUT2D eigenvalue weighted by atomic mass is 35.5. The molecule has 0 spiro atoms. The van der Waals surface area contributed by atoms with Crippen molar-refractivity contribution in [2.75, 3.05) is 5.73 Å². The fourth-order valence-electron chi connectivity index (χ4n) is 2.01. The lowest BCUT2D eigenvalue weighted by molar-refractivity contribution is -0.384. The fraction of sp³-hybridized carbons (Fsp3) is 0.333. The van der Waals surface area contributed by atoms with Gasteiger partial charge in [0.05, 0.1) is 20.7 Å². The van der Waals surface area contributed by atoms with Crippen LogP contribution >= 0.6 is 23.2 Å². The molecular weight excluding hydrogens is 317 g/mol. The van der Waals surface area contributed by atoms with Crippen LogP contribution in [0, 0.1) is 10.1 Å². The molecule has 0 aliphatic rings. The first kappa shape index (κ1) is 15.5. The molecule has 0 bridgehead atoms. The summed E-state index contributed by atoms with van der Waals surface area (Å²) in [4.78, 5) is 10.2. The van der Waals surface area contributed by atoms with Gasteiger partial charge in [0.1, 0.15) is 5.69 Å². The van der Waals surface area contributed by atoms with Crippen molar-refractivity contribution in [3.8, 4) is 5.69 Å². The number of nitrogens with zero attached hydrogens (tertiary/aromatic N) is 4. The van der Waals surface area contributed by atoms with E-state index in [2.05, 4.69) is 10.3 Å². The zero-order valence-corrected chi connectivity index (χ0v) is 13.1. The van der Waals surface area contributed by atoms with Crippen LogP contribution in [0.15, 0.2) is 12.1 Å². The first-order valence-corrected chi connectivity index (χ1v) is 6.74. The van der Waals surface area contributed by atoms with E-state index in [1.807, 2.05) is 20.8 Å². The molecular formula is C12H13Cl2N5O2. The molecule has 7 nitrogen and oxygen atoms in total. The molecule has 0 fully saturated rings. The molecule has 9 heteroatoms. The van der Waals surface area contributed by atoms with E-state index in [-0.39, 0.29) is 27.0 Å². The zero-order chi connectivity index (χ0) is 15.9. The van der Waals surface area contributed by atoms with Gasteiger partial charge in [-0.1, -0.05) is 49.2 Å². The molecule has 1 aromatic heterocycles. The number of nitro benzene ring substituents is 1. The van der Waals surface area contributed by atoms with E-state index in [0.29, 0.717) is 11.4 Å². The number of nitrogen functional groups attached to an aromatic ring is 1. The van der Waals surface area contributed by atoms with Crippen molar-refractivity contribution in [2.45, 2.75) is 26.2 Å². The second-order valence-corrected chi connectivity index (χ2v) is 6.31. The number of rotatable bonds is 2. The predicted octanol–water partition coefficient (Wildman–Crippen LogP) is 3.36. The maximum absolute atomic E-state index is 10.8. The average Bonchev–Trinajstić information content (AvgIpc) is 2.69. The topological polar surface area (TPSA) is 99.9 Å². The van der Waals surface area contributed by atoms with Gasteiger partial charge in [0.15, 0.2) is 5.82 Å². The van der Waals surface area contributed by atoms with Crippen molar-refractivity contribution >= 4 is 34.7 Å². The molecule has 2 N–H and O–H groups in total. The molecule has 0 saturated heterocycles. The van der Waals surface area contributed by atoms with Gasteiger partial charge in [0.25, 0.3) is 5.69 Å². The summed E-state index contributed by atoms with van der Waals surface area (Å²) in [6.07, 6.45) is 0. The summed E-state index contributed by atoms with van der Waals surface area (Å²) < 4.78 is 1.42. The molecule has 0 aliphatic carbocycles. The number of hydrogen-bond donors (Lipinski definition) is 1. The normalized spacial score (nSPS) is 11.7. The minimum absolute atomic E-state index is 0.101. The number of nitro groups is 1. The Morgan fingerprint density at radius 3 is 2.24 bits per heavy atom. The summed E-state index contributed by atoms with van der Waals surface area (Å²) in [5.41, 5.74) is 6.24. The smallest absolute Gasteiger partial charge is 0.272 e. The van der Waals surface area contributed by atoms with Crippen LogP contribution in [0.2, 0.25) is 10.0 Å². The summed E-state index contributed by atoms with van der Waals surface area (Å²) in [7, 11) is 0. The van der Waals surface area contributed by atoms with Crippen LogP contribution in [0.25, 0.3) is 5.69 Å². The number of aromatic nitrogens is 3. The summed E-state index contributed by atoms with van der Waals surface area (Å²) in [5, 5.41) is 18.8. The van der Waals surface area contributed by atoms with Crippen LogP contribution in [0.5, 0.6) is 0 Å². The highest BCUT2D eigenvalue weighted by Gasteiger charge is 2.27. The summed E-state index contributed by atoms with van der Waals surface area (Å²) in [6, 6.07) is 2.43. The maximum atomic E-state index is 10.8. The van der Waals surface area contributed by atoms with Crippen LogP contribution in [-0.2, 0) is 5.41 Å². The summed E-state index contributed by atoms with van der Waals surface area (Å²) >= 11 is 12.3. The van der Waals surface area contributed by atoms with Gasteiger partial charge >= 0.3 is 0 Å². The van der Waals surface area contributed by atoms with Crippen LogP contribution in [-0.4, -0.2) is 19.9 Å². The second kappa shape index (κ2) is 5.16. The van der Waals surface area contributed by atoms with Gasteiger partial charge in [0.2, 0.25) is 0 Å². The Morgan fingerprint density at radius 1 is 1.29 bits per heavy atom. The van der Waals surface area contributed by atoms with Crippen LogP contribution < -0.4 is 5.73 Å². The van der Waals surface area contributed by atoms with Crippen molar-refractivity contribution in [1.29, 1.82) is 0 Å². The van der Waals surface area contributed by atoms with Gasteiger partial charge < -0.3 is 5.73 Å². The lowest BCUT2D eigenvalue weighted by Gasteiger charge is -2.21. The van der Waals surface area contributed by atoms with Crippen LogP contribution in [0.1, 0.15) is 26.5 Å². The SMILES string of the molecule is CC(C)(C)c1c(N)nnn1-c1c(Cl)cc([N+](=O)[O-])cc1Cl. The first-order chi connectivity index (χ1) is 9.62. The molecule has 0 amide bonds. The number of nitrogens with two attached hydrogens (primary N) is 1. The van der Waals surface area contributed by atoms with Gasteiger partial charge in [-0.15, -0.1) is 5.10 Å². The summed E-state index contributed by atoms with van der Waals surface area (Å²) in [5.74, 6) is 0.257. The molecule has 0 saturated carbocycles. The highest BCUT2D eigenvalue weighted by molar-refractivity contribution is 6.38. The van der Waals surface area contributed by atoms with Crippen LogP contribution in [0.4, 0.5) is 11.5 Å². The Bertz CT molecular complexity index is 698. The lowest BCUT2D eigenvalue weighted by Crippen LogP contribution is -2.19. The van der Waals surface area contributed by atoms with E-state index in [1.165, 1.54) is 16.8 Å². The molecule has 0 aliphatic heterocycles. The molecule has 21 heavy (non-hydrogen) atoms. The van der Waals surface area contributed by atoms with Gasteiger partial charge in [-0.05, 0) is 0 Å². The molecule has 0 atom stereocenters. The number of benzene rings is 1. The fourth-order valence-corrected chi connectivity index (χ4v) is 2.65. The quantitative estimate of drug-likeness (QED) is 0.672. The number of hydrogen-bond acceptors (Lipinski definition) is 5. The molecule has 1 aromatic carbocycles.